The third-order valence-corrected chi connectivity index (χ3v) is 7.09. The molecule has 5 rings (SSSR count). The Balaban J connectivity index is 1.62. The Morgan fingerprint density at radius 3 is 2.28 bits per heavy atom. The van der Waals surface area contributed by atoms with Crippen LogP contribution in [0.15, 0.2) is 80.4 Å². The Hall–Kier alpha value is -4.24. The van der Waals surface area contributed by atoms with Crippen LogP contribution in [0.25, 0.3) is 11.0 Å². The molecule has 1 aromatic heterocycles. The molecule has 198 valence electrons. The van der Waals surface area contributed by atoms with Gasteiger partial charge in [0, 0.05) is 10.2 Å². The number of carbonyl (C=O) groups is 3. The van der Waals surface area contributed by atoms with Gasteiger partial charge in [-0.2, -0.15) is 0 Å². The van der Waals surface area contributed by atoms with E-state index in [1.54, 1.807) is 66.7 Å². The summed E-state index contributed by atoms with van der Waals surface area (Å²) in [6.45, 7) is 2.34. The highest BCUT2D eigenvalue weighted by Gasteiger charge is 2.43. The first kappa shape index (κ1) is 26.4. The molecule has 0 radical (unpaired) electrons. The number of esters is 2. The number of hydrogen-bond donors (Lipinski definition) is 0. The fraction of sp³-hybridized carbons (Fsp3) is 0.200. The number of amides is 1. The summed E-state index contributed by atoms with van der Waals surface area (Å²) < 4.78 is 16.8. The number of benzene rings is 3. The molecule has 0 bridgehead atoms. The lowest BCUT2D eigenvalue weighted by molar-refractivity contribution is 0.0499. The van der Waals surface area contributed by atoms with Gasteiger partial charge in [0.2, 0.25) is 5.76 Å². The van der Waals surface area contributed by atoms with Gasteiger partial charge in [0.1, 0.15) is 5.58 Å². The van der Waals surface area contributed by atoms with Crippen LogP contribution in [0.3, 0.4) is 0 Å². The molecule has 0 spiro atoms. The average molecular weight is 590 g/mol. The fourth-order valence-electron chi connectivity index (χ4n) is 4.60. The number of ether oxygens (including phenoxy) is 2. The Morgan fingerprint density at radius 1 is 0.949 bits per heavy atom. The van der Waals surface area contributed by atoms with Gasteiger partial charge >= 0.3 is 11.9 Å². The SMILES string of the molecule is CCCCOC(=O)c1ccc(N2C(=O)c3oc4ccc(Br)cc4c(=O)c3C2c2ccc(C(=O)OC)cc2)cc1. The number of fused-ring (bicyclic) bond motifs is 2. The minimum atomic E-state index is -0.832. The molecule has 4 aromatic rings. The lowest BCUT2D eigenvalue weighted by Gasteiger charge is -2.25. The van der Waals surface area contributed by atoms with Crippen LogP contribution in [-0.4, -0.2) is 31.6 Å². The largest absolute Gasteiger partial charge is 0.465 e. The van der Waals surface area contributed by atoms with Gasteiger partial charge in [0.25, 0.3) is 5.91 Å². The molecular formula is C30H24BrNO7. The molecular weight excluding hydrogens is 566 g/mol. The Kier molecular flexibility index (Phi) is 7.34. The number of unbranched alkanes of at least 4 members (excludes halogenated alkanes) is 1. The molecule has 0 N–H and O–H groups in total. The third kappa shape index (κ3) is 4.85. The van der Waals surface area contributed by atoms with Crippen molar-refractivity contribution in [2.45, 2.75) is 25.8 Å². The number of nitrogens with zero attached hydrogens (tertiary/aromatic N) is 1. The molecule has 0 saturated heterocycles. The summed E-state index contributed by atoms with van der Waals surface area (Å²) in [5, 5.41) is 0.333. The van der Waals surface area contributed by atoms with Crippen LogP contribution in [-0.2, 0) is 9.47 Å². The highest BCUT2D eigenvalue weighted by atomic mass is 79.9. The second kappa shape index (κ2) is 10.9. The molecule has 0 saturated carbocycles. The number of halogens is 1. The number of hydrogen-bond acceptors (Lipinski definition) is 7. The molecule has 1 aliphatic heterocycles. The highest BCUT2D eigenvalue weighted by Crippen LogP contribution is 2.41. The van der Waals surface area contributed by atoms with E-state index in [9.17, 15) is 19.2 Å². The minimum Gasteiger partial charge on any atom is -0.465 e. The number of carbonyl (C=O) groups excluding carboxylic acids is 3. The molecule has 39 heavy (non-hydrogen) atoms. The van der Waals surface area contributed by atoms with Crippen LogP contribution in [0.2, 0.25) is 0 Å². The van der Waals surface area contributed by atoms with Crippen molar-refractivity contribution in [2.24, 2.45) is 0 Å². The van der Waals surface area contributed by atoms with Gasteiger partial charge < -0.3 is 13.9 Å². The van der Waals surface area contributed by atoms with E-state index in [-0.39, 0.29) is 16.8 Å². The maximum atomic E-state index is 13.8. The van der Waals surface area contributed by atoms with E-state index in [1.807, 2.05) is 6.92 Å². The van der Waals surface area contributed by atoms with Crippen LogP contribution >= 0.6 is 15.9 Å². The molecule has 9 heteroatoms. The molecule has 0 fully saturated rings. The van der Waals surface area contributed by atoms with Crippen molar-refractivity contribution < 1.29 is 28.3 Å². The van der Waals surface area contributed by atoms with E-state index in [0.29, 0.717) is 44.4 Å². The maximum Gasteiger partial charge on any atom is 0.338 e. The average Bonchev–Trinajstić information content (AvgIpc) is 3.25. The summed E-state index contributed by atoms with van der Waals surface area (Å²) in [5.74, 6) is -1.50. The topological polar surface area (TPSA) is 103 Å². The monoisotopic (exact) mass is 589 g/mol. The van der Waals surface area contributed by atoms with E-state index in [1.165, 1.54) is 12.0 Å². The Bertz CT molecular complexity index is 1640. The van der Waals surface area contributed by atoms with Gasteiger partial charge in [0.05, 0.1) is 41.8 Å². The van der Waals surface area contributed by atoms with Gasteiger partial charge in [-0.15, -0.1) is 0 Å². The summed E-state index contributed by atoms with van der Waals surface area (Å²) >= 11 is 3.39. The van der Waals surface area contributed by atoms with Crippen LogP contribution in [0.4, 0.5) is 5.69 Å². The zero-order chi connectivity index (χ0) is 27.7. The quantitative estimate of drug-likeness (QED) is 0.191. The van der Waals surface area contributed by atoms with Crippen molar-refractivity contribution in [1.82, 2.24) is 0 Å². The highest BCUT2D eigenvalue weighted by molar-refractivity contribution is 9.10. The summed E-state index contributed by atoms with van der Waals surface area (Å²) in [6.07, 6.45) is 1.68. The van der Waals surface area contributed by atoms with Crippen LogP contribution < -0.4 is 10.3 Å². The Morgan fingerprint density at radius 2 is 1.62 bits per heavy atom. The molecule has 0 aliphatic carbocycles. The van der Waals surface area contributed by atoms with Gasteiger partial charge in [-0.3, -0.25) is 14.5 Å². The molecule has 1 amide bonds. The van der Waals surface area contributed by atoms with E-state index in [4.69, 9.17) is 13.9 Å². The predicted octanol–water partition coefficient (Wildman–Crippen LogP) is 6.05. The van der Waals surface area contributed by atoms with Crippen molar-refractivity contribution in [3.63, 3.8) is 0 Å². The van der Waals surface area contributed by atoms with E-state index >= 15 is 0 Å². The van der Waals surface area contributed by atoms with Crippen molar-refractivity contribution in [3.05, 3.63) is 109 Å². The third-order valence-electron chi connectivity index (χ3n) is 6.59. The van der Waals surface area contributed by atoms with Gasteiger partial charge in [-0.05, 0) is 66.6 Å². The lowest BCUT2D eigenvalue weighted by atomic mass is 9.97. The number of anilines is 1. The van der Waals surface area contributed by atoms with Crippen molar-refractivity contribution in [2.75, 3.05) is 18.6 Å². The first-order chi connectivity index (χ1) is 18.8. The summed E-state index contributed by atoms with van der Waals surface area (Å²) in [6, 6.07) is 17.1. The zero-order valence-corrected chi connectivity index (χ0v) is 22.8. The van der Waals surface area contributed by atoms with Crippen LogP contribution in [0, 0.1) is 0 Å². The Labute approximate surface area is 232 Å². The smallest absolute Gasteiger partial charge is 0.338 e. The molecule has 3 aromatic carbocycles. The van der Waals surface area contributed by atoms with Crippen molar-refractivity contribution in [3.8, 4) is 0 Å². The summed E-state index contributed by atoms with van der Waals surface area (Å²) in [5.41, 5.74) is 1.89. The van der Waals surface area contributed by atoms with Gasteiger partial charge in [-0.1, -0.05) is 41.4 Å². The molecule has 1 atom stereocenters. The first-order valence-corrected chi connectivity index (χ1v) is 13.2. The number of rotatable bonds is 7. The molecule has 8 nitrogen and oxygen atoms in total. The second-order valence-corrected chi connectivity index (χ2v) is 9.96. The van der Waals surface area contributed by atoms with E-state index in [0.717, 1.165) is 12.8 Å². The minimum absolute atomic E-state index is 0.0556. The predicted molar refractivity (Wildman–Crippen MR) is 148 cm³/mol. The van der Waals surface area contributed by atoms with Crippen LogP contribution in [0.5, 0.6) is 0 Å². The van der Waals surface area contributed by atoms with E-state index in [2.05, 4.69) is 15.9 Å². The van der Waals surface area contributed by atoms with E-state index < -0.39 is 23.9 Å². The second-order valence-electron chi connectivity index (χ2n) is 9.04. The van der Waals surface area contributed by atoms with Gasteiger partial charge in [0.15, 0.2) is 5.43 Å². The first-order valence-electron chi connectivity index (χ1n) is 12.4. The van der Waals surface area contributed by atoms with Crippen molar-refractivity contribution in [1.29, 1.82) is 0 Å². The maximum absolute atomic E-state index is 13.8. The van der Waals surface area contributed by atoms with Gasteiger partial charge in [-0.25, -0.2) is 9.59 Å². The standard InChI is InChI=1S/C30H24BrNO7/c1-3-4-15-38-30(36)19-9-12-21(13-10-19)32-25(17-5-7-18(8-6-17)29(35)37-2)24-26(33)22-16-20(31)11-14-23(22)39-27(24)28(32)34/h5-14,16,25H,3-4,15H2,1-2H3. The summed E-state index contributed by atoms with van der Waals surface area (Å²) in [4.78, 5) is 53.4. The fourth-order valence-corrected chi connectivity index (χ4v) is 4.96. The molecule has 2 heterocycles. The van der Waals surface area contributed by atoms with Crippen LogP contribution in [0.1, 0.15) is 68.2 Å². The lowest BCUT2D eigenvalue weighted by Crippen LogP contribution is -2.29. The zero-order valence-electron chi connectivity index (χ0n) is 21.2. The normalized spacial score (nSPS) is 14.4. The molecule has 1 aliphatic rings. The van der Waals surface area contributed by atoms with Crippen molar-refractivity contribution >= 4 is 50.4 Å². The molecule has 1 unspecified atom stereocenters. The number of methoxy groups -OCH3 is 1. The summed E-state index contributed by atoms with van der Waals surface area (Å²) in [7, 11) is 1.29.